The fourth-order valence-corrected chi connectivity index (χ4v) is 3.09. The van der Waals surface area contributed by atoms with Gasteiger partial charge in [-0.1, -0.05) is 23.4 Å². The average molecular weight is 359 g/mol. The minimum atomic E-state index is 0.551. The van der Waals surface area contributed by atoms with Gasteiger partial charge in [0.15, 0.2) is 11.5 Å². The fraction of sp³-hybridized carbons (Fsp3) is 0.500. The van der Waals surface area contributed by atoms with E-state index in [1.807, 2.05) is 26.1 Å². The van der Waals surface area contributed by atoms with Crippen LogP contribution in [0, 0.1) is 0 Å². The van der Waals surface area contributed by atoms with Crippen LogP contribution in [0.5, 0.6) is 11.5 Å². The van der Waals surface area contributed by atoms with E-state index in [2.05, 4.69) is 20.8 Å². The molecule has 0 fully saturated rings. The largest absolute Gasteiger partial charge is 0.493 e. The molecule has 9 heteroatoms. The number of benzene rings is 1. The molecule has 0 radical (unpaired) electrons. The summed E-state index contributed by atoms with van der Waals surface area (Å²) in [7, 11) is 3.45. The van der Waals surface area contributed by atoms with E-state index < -0.39 is 0 Å². The summed E-state index contributed by atoms with van der Waals surface area (Å²) in [5.74, 6) is 2.20. The van der Waals surface area contributed by atoms with Crippen molar-refractivity contribution in [1.29, 1.82) is 0 Å². The molecule has 0 saturated carbocycles. The molecule has 0 aliphatic rings. The normalized spacial score (nSPS) is 10.8. The lowest BCUT2D eigenvalue weighted by atomic mass is 10.2. The van der Waals surface area contributed by atoms with Crippen molar-refractivity contribution in [2.75, 3.05) is 26.0 Å². The Kier molecular flexibility index (Phi) is 6.94. The van der Waals surface area contributed by atoms with Gasteiger partial charge in [0.05, 0.1) is 31.0 Å². The molecule has 0 saturated heterocycles. The molecule has 2 N–H and O–H groups in total. The molecule has 1 aromatic carbocycles. The number of thioether (sulfide) groups is 1. The van der Waals surface area contributed by atoms with Gasteiger partial charge in [-0.2, -0.15) is 0 Å². The van der Waals surface area contributed by atoms with Crippen LogP contribution in [-0.4, -0.2) is 46.2 Å². The molecular weight excluding hydrogens is 338 g/mol. The number of nitrogens with two attached hydrogens (primary N) is 1. The number of halogens is 1. The summed E-state index contributed by atoms with van der Waals surface area (Å²) in [4.78, 5) is 0. The highest BCUT2D eigenvalue weighted by molar-refractivity contribution is 7.99. The highest BCUT2D eigenvalue weighted by Gasteiger charge is 2.12. The molecule has 1 heterocycles. The zero-order valence-corrected chi connectivity index (χ0v) is 15.0. The van der Waals surface area contributed by atoms with Crippen LogP contribution in [0.2, 0.25) is 5.02 Å². The van der Waals surface area contributed by atoms with Crippen molar-refractivity contribution in [2.45, 2.75) is 18.6 Å². The monoisotopic (exact) mass is 358 g/mol. The highest BCUT2D eigenvalue weighted by atomic mass is 35.5. The zero-order valence-electron chi connectivity index (χ0n) is 13.5. The van der Waals surface area contributed by atoms with Gasteiger partial charge >= 0.3 is 0 Å². The minimum absolute atomic E-state index is 0.551. The molecule has 2 aromatic rings. The Balaban J connectivity index is 1.83. The van der Waals surface area contributed by atoms with Gasteiger partial charge in [0.2, 0.25) is 5.16 Å². The van der Waals surface area contributed by atoms with Gasteiger partial charge < -0.3 is 14.8 Å². The Morgan fingerprint density at radius 3 is 2.87 bits per heavy atom. The quantitative estimate of drug-likeness (QED) is 0.534. The van der Waals surface area contributed by atoms with Crippen molar-refractivity contribution in [1.82, 2.24) is 20.2 Å². The summed E-state index contributed by atoms with van der Waals surface area (Å²) in [6.45, 7) is 4.24. The van der Waals surface area contributed by atoms with Gasteiger partial charge in [-0.3, -0.25) is 0 Å². The molecule has 0 unspecified atom stereocenters. The molecular formula is C14H21ClN5O2S+. The second-order valence-electron chi connectivity index (χ2n) is 4.76. The third-order valence-electron chi connectivity index (χ3n) is 3.09. The van der Waals surface area contributed by atoms with E-state index >= 15 is 0 Å². The van der Waals surface area contributed by atoms with Crippen LogP contribution in [0.25, 0.3) is 0 Å². The molecule has 2 rings (SSSR count). The second-order valence-corrected chi connectivity index (χ2v) is 6.23. The number of hydrogen-bond acceptors (Lipinski definition) is 6. The zero-order chi connectivity index (χ0) is 16.7. The van der Waals surface area contributed by atoms with Crippen LogP contribution in [0.3, 0.4) is 0 Å². The first-order valence-corrected chi connectivity index (χ1v) is 8.68. The van der Waals surface area contributed by atoms with Gasteiger partial charge in [0.1, 0.15) is 6.54 Å². The summed E-state index contributed by atoms with van der Waals surface area (Å²) in [6.07, 6.45) is 0. The van der Waals surface area contributed by atoms with Gasteiger partial charge in [-0.25, -0.2) is 4.68 Å². The van der Waals surface area contributed by atoms with Crippen LogP contribution in [0.1, 0.15) is 12.5 Å². The number of aryl methyl sites for hydroxylation is 1. The molecule has 7 nitrogen and oxygen atoms in total. The van der Waals surface area contributed by atoms with Crippen molar-refractivity contribution in [2.24, 2.45) is 7.05 Å². The lowest BCUT2D eigenvalue weighted by molar-refractivity contribution is -0.666. The van der Waals surface area contributed by atoms with Crippen molar-refractivity contribution >= 4 is 23.4 Å². The molecule has 126 valence electrons. The molecule has 1 aromatic heterocycles. The third-order valence-corrected chi connectivity index (χ3v) is 4.42. The van der Waals surface area contributed by atoms with Crippen molar-refractivity contribution in [3.8, 4) is 11.5 Å². The maximum absolute atomic E-state index is 6.27. The number of ether oxygens (including phenoxy) is 2. The third kappa shape index (κ3) is 4.98. The molecule has 0 spiro atoms. The van der Waals surface area contributed by atoms with Gasteiger partial charge in [-0.15, -0.1) is 5.10 Å². The minimum Gasteiger partial charge on any atom is -0.493 e. The van der Waals surface area contributed by atoms with Crippen molar-refractivity contribution in [3.63, 3.8) is 0 Å². The van der Waals surface area contributed by atoms with Crippen LogP contribution < -0.4 is 14.8 Å². The number of rotatable bonds is 9. The van der Waals surface area contributed by atoms with E-state index in [-0.39, 0.29) is 0 Å². The number of methoxy groups -OCH3 is 1. The van der Waals surface area contributed by atoms with E-state index in [0.29, 0.717) is 23.1 Å². The summed E-state index contributed by atoms with van der Waals surface area (Å²) in [6, 6.07) is 3.89. The predicted molar refractivity (Wildman–Crippen MR) is 89.2 cm³/mol. The molecule has 0 aliphatic heterocycles. The Bertz CT molecular complexity index is 638. The van der Waals surface area contributed by atoms with Gasteiger partial charge in [-0.05, 0) is 29.5 Å². The molecule has 0 bridgehead atoms. The fourth-order valence-electron chi connectivity index (χ4n) is 2.02. The van der Waals surface area contributed by atoms with E-state index in [9.17, 15) is 0 Å². The Morgan fingerprint density at radius 2 is 2.22 bits per heavy atom. The average Bonchev–Trinajstić information content (AvgIpc) is 2.94. The molecule has 0 amide bonds. The lowest BCUT2D eigenvalue weighted by Gasteiger charge is -2.12. The summed E-state index contributed by atoms with van der Waals surface area (Å²) >= 11 is 7.90. The maximum Gasteiger partial charge on any atom is 0.209 e. The Hall–Kier alpha value is -1.51. The van der Waals surface area contributed by atoms with Gasteiger partial charge in [0.25, 0.3) is 0 Å². The van der Waals surface area contributed by atoms with Crippen molar-refractivity contribution in [3.05, 3.63) is 22.7 Å². The Labute approximate surface area is 144 Å². The summed E-state index contributed by atoms with van der Waals surface area (Å²) < 4.78 is 12.5. The first-order chi connectivity index (χ1) is 11.2. The van der Waals surface area contributed by atoms with E-state index in [4.69, 9.17) is 21.1 Å². The number of tetrazole rings is 1. The lowest BCUT2D eigenvalue weighted by Crippen LogP contribution is -2.83. The number of aromatic nitrogens is 4. The summed E-state index contributed by atoms with van der Waals surface area (Å²) in [5.41, 5.74) is 1.10. The maximum atomic E-state index is 6.27. The van der Waals surface area contributed by atoms with Crippen LogP contribution in [0.15, 0.2) is 17.3 Å². The first-order valence-electron chi connectivity index (χ1n) is 7.31. The highest BCUT2D eigenvalue weighted by Crippen LogP contribution is 2.36. The summed E-state index contributed by atoms with van der Waals surface area (Å²) in [5, 5.41) is 15.0. The second kappa shape index (κ2) is 8.95. The first kappa shape index (κ1) is 17.8. The number of hydrogen-bond donors (Lipinski definition) is 1. The standard InChI is InChI=1S/C14H20ClN5O2S/c1-4-22-13-11(15)7-10(8-12(13)21-3)9-16-5-6-23-14-17-18-19-20(14)2/h7-8,16H,4-6,9H2,1-3H3/p+1. The predicted octanol–water partition coefficient (Wildman–Crippen LogP) is 1.13. The number of quaternary nitrogens is 1. The number of nitrogens with zero attached hydrogens (tertiary/aromatic N) is 4. The molecule has 23 heavy (non-hydrogen) atoms. The van der Waals surface area contributed by atoms with E-state index in [1.165, 1.54) is 0 Å². The van der Waals surface area contributed by atoms with E-state index in [1.54, 1.807) is 23.6 Å². The van der Waals surface area contributed by atoms with Gasteiger partial charge in [0, 0.05) is 12.6 Å². The topological polar surface area (TPSA) is 78.7 Å². The SMILES string of the molecule is CCOc1c(Cl)cc(C[NH2+]CCSc2nnnn2C)cc1OC. The smallest absolute Gasteiger partial charge is 0.209 e. The van der Waals surface area contributed by atoms with Crippen LogP contribution >= 0.6 is 23.4 Å². The molecule has 0 aliphatic carbocycles. The van der Waals surface area contributed by atoms with Crippen molar-refractivity contribution < 1.29 is 14.8 Å². The Morgan fingerprint density at radius 1 is 1.39 bits per heavy atom. The van der Waals surface area contributed by atoms with Crippen LogP contribution in [0.4, 0.5) is 0 Å². The molecule has 0 atom stereocenters. The van der Waals surface area contributed by atoms with Crippen LogP contribution in [-0.2, 0) is 13.6 Å². The van der Waals surface area contributed by atoms with E-state index in [0.717, 1.165) is 29.6 Å².